The van der Waals surface area contributed by atoms with Crippen LogP contribution in [0.5, 0.6) is 0 Å². The first kappa shape index (κ1) is 16.6. The van der Waals surface area contributed by atoms with E-state index < -0.39 is 18.0 Å². The summed E-state index contributed by atoms with van der Waals surface area (Å²) in [5, 5.41) is 3.76. The van der Waals surface area contributed by atoms with E-state index in [4.69, 9.17) is 11.6 Å². The number of hydrogen-bond donors (Lipinski definition) is 1. The Labute approximate surface area is 128 Å². The molecule has 0 spiro atoms. The van der Waals surface area contributed by atoms with Gasteiger partial charge in [-0.3, -0.25) is 0 Å². The summed E-state index contributed by atoms with van der Waals surface area (Å²) in [6.45, 7) is 2.53. The van der Waals surface area contributed by atoms with E-state index in [-0.39, 0.29) is 12.5 Å². The molecule has 1 fully saturated rings. The summed E-state index contributed by atoms with van der Waals surface area (Å²) >= 11 is 6.21. The van der Waals surface area contributed by atoms with E-state index in [1.165, 1.54) is 0 Å². The number of alkyl halides is 3. The predicted molar refractivity (Wildman–Crippen MR) is 79.4 cm³/mol. The summed E-state index contributed by atoms with van der Waals surface area (Å²) in [5.74, 6) is -1.69. The molecule has 3 atom stereocenters. The van der Waals surface area contributed by atoms with Crippen LogP contribution in [0.1, 0.15) is 44.2 Å². The molecule has 1 aliphatic rings. The normalized spacial score (nSPS) is 24.8. The van der Waals surface area contributed by atoms with E-state index in [0.29, 0.717) is 24.4 Å². The van der Waals surface area contributed by atoms with Gasteiger partial charge in [0.2, 0.25) is 0 Å². The highest BCUT2D eigenvalue weighted by Gasteiger charge is 2.48. The SMILES string of the molecule is CCNC(c1ccccc1Cl)C1CCCCC1C(F)(F)F. The number of hydrogen-bond acceptors (Lipinski definition) is 1. The zero-order chi connectivity index (χ0) is 15.5. The average molecular weight is 320 g/mol. The van der Waals surface area contributed by atoms with Crippen molar-refractivity contribution in [3.8, 4) is 0 Å². The maximum atomic E-state index is 13.3. The van der Waals surface area contributed by atoms with Gasteiger partial charge in [0.15, 0.2) is 0 Å². The van der Waals surface area contributed by atoms with Crippen LogP contribution in [0.2, 0.25) is 5.02 Å². The number of halogens is 4. The van der Waals surface area contributed by atoms with E-state index in [1.807, 2.05) is 19.1 Å². The zero-order valence-electron chi connectivity index (χ0n) is 12.1. The highest BCUT2D eigenvalue weighted by molar-refractivity contribution is 6.31. The Bertz CT molecular complexity index is 461. The molecule has 0 aliphatic heterocycles. The quantitative estimate of drug-likeness (QED) is 0.787. The molecule has 1 aromatic carbocycles. The van der Waals surface area contributed by atoms with E-state index in [0.717, 1.165) is 12.0 Å². The third-order valence-corrected chi connectivity index (χ3v) is 4.68. The molecule has 1 N–H and O–H groups in total. The predicted octanol–water partition coefficient (Wildman–Crippen LogP) is 5.36. The summed E-state index contributed by atoms with van der Waals surface area (Å²) in [5.41, 5.74) is 0.780. The van der Waals surface area contributed by atoms with E-state index in [9.17, 15) is 13.2 Å². The van der Waals surface area contributed by atoms with E-state index in [1.54, 1.807) is 12.1 Å². The van der Waals surface area contributed by atoms with Gasteiger partial charge in [-0.1, -0.05) is 49.6 Å². The molecule has 5 heteroatoms. The highest BCUT2D eigenvalue weighted by Crippen LogP contribution is 2.47. The lowest BCUT2D eigenvalue weighted by molar-refractivity contribution is -0.199. The van der Waals surface area contributed by atoms with Gasteiger partial charge in [0.1, 0.15) is 0 Å². The molecule has 0 aromatic heterocycles. The smallest absolute Gasteiger partial charge is 0.310 e. The molecule has 0 amide bonds. The second-order valence-corrected chi connectivity index (χ2v) is 6.06. The third kappa shape index (κ3) is 3.92. The van der Waals surface area contributed by atoms with Crippen LogP contribution in [0.15, 0.2) is 24.3 Å². The fourth-order valence-electron chi connectivity index (χ4n) is 3.40. The number of rotatable bonds is 4. The first-order valence-corrected chi connectivity index (χ1v) is 7.87. The molecule has 0 bridgehead atoms. The van der Waals surface area contributed by atoms with Crippen molar-refractivity contribution in [3.05, 3.63) is 34.9 Å². The van der Waals surface area contributed by atoms with Crippen molar-refractivity contribution < 1.29 is 13.2 Å². The van der Waals surface area contributed by atoms with Crippen LogP contribution < -0.4 is 5.32 Å². The fourth-order valence-corrected chi connectivity index (χ4v) is 3.66. The summed E-state index contributed by atoms with van der Waals surface area (Å²) in [6.07, 6.45) is -1.82. The summed E-state index contributed by atoms with van der Waals surface area (Å²) in [7, 11) is 0. The lowest BCUT2D eigenvalue weighted by Gasteiger charge is -2.39. The van der Waals surface area contributed by atoms with Gasteiger partial charge in [0, 0.05) is 11.1 Å². The van der Waals surface area contributed by atoms with Crippen LogP contribution in [0.25, 0.3) is 0 Å². The lowest BCUT2D eigenvalue weighted by Crippen LogP contribution is -2.40. The van der Waals surface area contributed by atoms with Crippen molar-refractivity contribution in [3.63, 3.8) is 0 Å². The Morgan fingerprint density at radius 3 is 2.52 bits per heavy atom. The zero-order valence-corrected chi connectivity index (χ0v) is 12.8. The van der Waals surface area contributed by atoms with Crippen molar-refractivity contribution in [1.82, 2.24) is 5.32 Å². The van der Waals surface area contributed by atoms with Crippen LogP contribution in [-0.4, -0.2) is 12.7 Å². The second kappa shape index (κ2) is 7.01. The molecule has 0 heterocycles. The van der Waals surface area contributed by atoms with Gasteiger partial charge in [-0.05, 0) is 36.9 Å². The second-order valence-electron chi connectivity index (χ2n) is 5.65. The Morgan fingerprint density at radius 1 is 1.24 bits per heavy atom. The molecule has 3 unspecified atom stereocenters. The van der Waals surface area contributed by atoms with E-state index >= 15 is 0 Å². The van der Waals surface area contributed by atoms with Crippen molar-refractivity contribution >= 4 is 11.6 Å². The van der Waals surface area contributed by atoms with Gasteiger partial charge in [0.25, 0.3) is 0 Å². The average Bonchev–Trinajstić information content (AvgIpc) is 2.45. The van der Waals surface area contributed by atoms with Crippen molar-refractivity contribution in [1.29, 1.82) is 0 Å². The van der Waals surface area contributed by atoms with Gasteiger partial charge in [-0.25, -0.2) is 0 Å². The summed E-state index contributed by atoms with van der Waals surface area (Å²) in [6, 6.07) is 6.87. The fraction of sp³-hybridized carbons (Fsp3) is 0.625. The monoisotopic (exact) mass is 319 g/mol. The molecule has 21 heavy (non-hydrogen) atoms. The van der Waals surface area contributed by atoms with E-state index in [2.05, 4.69) is 5.32 Å². The number of nitrogens with one attached hydrogen (secondary N) is 1. The van der Waals surface area contributed by atoms with Crippen molar-refractivity contribution in [2.24, 2.45) is 11.8 Å². The summed E-state index contributed by atoms with van der Waals surface area (Å²) < 4.78 is 40.0. The maximum absolute atomic E-state index is 13.3. The van der Waals surface area contributed by atoms with Crippen LogP contribution in [0, 0.1) is 11.8 Å². The van der Waals surface area contributed by atoms with Gasteiger partial charge >= 0.3 is 6.18 Å². The van der Waals surface area contributed by atoms with Gasteiger partial charge in [-0.2, -0.15) is 13.2 Å². The Balaban J connectivity index is 2.34. The summed E-state index contributed by atoms with van der Waals surface area (Å²) in [4.78, 5) is 0. The standard InChI is InChI=1S/C16H21ClF3N/c1-2-21-15(12-8-4-6-10-14(12)17)11-7-3-5-9-13(11)16(18,19)20/h4,6,8,10-11,13,15,21H,2-3,5,7,9H2,1H3. The molecular formula is C16H21ClF3N. The highest BCUT2D eigenvalue weighted by atomic mass is 35.5. The molecule has 1 saturated carbocycles. The Morgan fingerprint density at radius 2 is 1.90 bits per heavy atom. The van der Waals surface area contributed by atoms with Gasteiger partial charge in [-0.15, -0.1) is 0 Å². The number of benzene rings is 1. The first-order chi connectivity index (χ1) is 9.95. The topological polar surface area (TPSA) is 12.0 Å². The first-order valence-electron chi connectivity index (χ1n) is 7.49. The van der Waals surface area contributed by atoms with Gasteiger partial charge in [0.05, 0.1) is 5.92 Å². The minimum absolute atomic E-state index is 0.223. The Kier molecular flexibility index (Phi) is 5.55. The largest absolute Gasteiger partial charge is 0.392 e. The van der Waals surface area contributed by atoms with Crippen molar-refractivity contribution in [2.45, 2.75) is 44.8 Å². The molecule has 1 aliphatic carbocycles. The van der Waals surface area contributed by atoms with Crippen molar-refractivity contribution in [2.75, 3.05) is 6.54 Å². The van der Waals surface area contributed by atoms with Crippen LogP contribution in [0.3, 0.4) is 0 Å². The molecular weight excluding hydrogens is 299 g/mol. The minimum Gasteiger partial charge on any atom is -0.310 e. The molecule has 1 aromatic rings. The van der Waals surface area contributed by atoms with Gasteiger partial charge < -0.3 is 5.32 Å². The molecule has 1 nitrogen and oxygen atoms in total. The third-order valence-electron chi connectivity index (χ3n) is 4.33. The van der Waals surface area contributed by atoms with Crippen LogP contribution in [-0.2, 0) is 0 Å². The minimum atomic E-state index is -4.14. The maximum Gasteiger partial charge on any atom is 0.392 e. The lowest BCUT2D eigenvalue weighted by atomic mass is 9.73. The van der Waals surface area contributed by atoms with Crippen LogP contribution >= 0.6 is 11.6 Å². The molecule has 118 valence electrons. The Hall–Kier alpha value is -0.740. The molecule has 0 saturated heterocycles. The van der Waals surface area contributed by atoms with Crippen LogP contribution in [0.4, 0.5) is 13.2 Å². The molecule has 2 rings (SSSR count). The molecule has 0 radical (unpaired) electrons.